The number of benzene rings is 2. The number of piperidine rings is 1. The van der Waals surface area contributed by atoms with Gasteiger partial charge in [-0.05, 0) is 54.4 Å². The van der Waals surface area contributed by atoms with Crippen LogP contribution in [-0.2, 0) is 0 Å². The molecule has 0 saturated carbocycles. The van der Waals surface area contributed by atoms with Crippen LogP contribution in [0.4, 0.5) is 0 Å². The summed E-state index contributed by atoms with van der Waals surface area (Å²) in [5.74, 6) is 1.62. The number of rotatable bonds is 3. The van der Waals surface area contributed by atoms with Crippen molar-refractivity contribution in [3.8, 4) is 5.75 Å². The molecule has 19 heavy (non-hydrogen) atoms. The van der Waals surface area contributed by atoms with E-state index in [4.69, 9.17) is 4.74 Å². The van der Waals surface area contributed by atoms with Crippen LogP contribution in [0.2, 0.25) is 0 Å². The smallest absolute Gasteiger partial charge is 0.119 e. The van der Waals surface area contributed by atoms with Crippen LogP contribution in [0.5, 0.6) is 5.75 Å². The van der Waals surface area contributed by atoms with E-state index in [1.807, 2.05) is 0 Å². The number of hydrogen-bond acceptors (Lipinski definition) is 2. The van der Waals surface area contributed by atoms with Crippen molar-refractivity contribution in [2.24, 2.45) is 5.92 Å². The zero-order valence-electron chi connectivity index (χ0n) is 10.9. The van der Waals surface area contributed by atoms with E-state index in [2.05, 4.69) is 57.6 Å². The molecule has 1 fully saturated rings. The first-order valence-electron chi connectivity index (χ1n) is 6.84. The molecule has 1 aliphatic heterocycles. The van der Waals surface area contributed by atoms with Gasteiger partial charge in [0.05, 0.1) is 6.61 Å². The van der Waals surface area contributed by atoms with Crippen molar-refractivity contribution in [2.75, 3.05) is 19.7 Å². The summed E-state index contributed by atoms with van der Waals surface area (Å²) >= 11 is 3.50. The zero-order chi connectivity index (χ0) is 13.1. The molecule has 1 N–H and O–H groups in total. The van der Waals surface area contributed by atoms with Crippen molar-refractivity contribution >= 4 is 26.7 Å². The lowest BCUT2D eigenvalue weighted by Crippen LogP contribution is -2.33. The molecule has 3 heteroatoms. The van der Waals surface area contributed by atoms with Gasteiger partial charge in [-0.25, -0.2) is 0 Å². The second-order valence-electron chi connectivity index (χ2n) is 5.18. The van der Waals surface area contributed by atoms with E-state index in [0.717, 1.165) is 29.9 Å². The van der Waals surface area contributed by atoms with Gasteiger partial charge in [-0.2, -0.15) is 0 Å². The molecule has 0 radical (unpaired) electrons. The molecule has 2 nitrogen and oxygen atoms in total. The van der Waals surface area contributed by atoms with E-state index >= 15 is 0 Å². The Balaban J connectivity index is 1.69. The maximum absolute atomic E-state index is 5.93. The summed E-state index contributed by atoms with van der Waals surface area (Å²) in [6.07, 6.45) is 2.54. The largest absolute Gasteiger partial charge is 0.493 e. The van der Waals surface area contributed by atoms with E-state index in [0.29, 0.717) is 5.92 Å². The average molecular weight is 320 g/mol. The number of ether oxygens (including phenoxy) is 1. The Hall–Kier alpha value is -1.06. The van der Waals surface area contributed by atoms with Crippen LogP contribution < -0.4 is 10.1 Å². The van der Waals surface area contributed by atoms with Gasteiger partial charge in [0.25, 0.3) is 0 Å². The highest BCUT2D eigenvalue weighted by Gasteiger charge is 2.13. The SMILES string of the molecule is Brc1ccc2cc(OC[C@H]3CCCNC3)ccc2c1. The molecule has 1 saturated heterocycles. The van der Waals surface area contributed by atoms with Crippen LogP contribution in [0.1, 0.15) is 12.8 Å². The first-order chi connectivity index (χ1) is 9.31. The molecule has 100 valence electrons. The molecule has 1 aliphatic rings. The van der Waals surface area contributed by atoms with Crippen molar-refractivity contribution in [3.63, 3.8) is 0 Å². The Morgan fingerprint density at radius 2 is 2.00 bits per heavy atom. The van der Waals surface area contributed by atoms with Crippen LogP contribution in [-0.4, -0.2) is 19.7 Å². The monoisotopic (exact) mass is 319 g/mol. The molecule has 1 heterocycles. The van der Waals surface area contributed by atoms with Crippen molar-refractivity contribution in [1.82, 2.24) is 5.32 Å². The van der Waals surface area contributed by atoms with Gasteiger partial charge >= 0.3 is 0 Å². The summed E-state index contributed by atoms with van der Waals surface area (Å²) in [5.41, 5.74) is 0. The molecule has 2 aromatic carbocycles. The summed E-state index contributed by atoms with van der Waals surface area (Å²) < 4.78 is 7.05. The second kappa shape index (κ2) is 5.93. The van der Waals surface area contributed by atoms with E-state index < -0.39 is 0 Å². The molecular formula is C16H18BrNO. The molecule has 3 rings (SSSR count). The van der Waals surface area contributed by atoms with Crippen molar-refractivity contribution in [1.29, 1.82) is 0 Å². The second-order valence-corrected chi connectivity index (χ2v) is 6.09. The first kappa shape index (κ1) is 12.9. The van der Waals surface area contributed by atoms with Gasteiger partial charge < -0.3 is 10.1 Å². The van der Waals surface area contributed by atoms with E-state index in [1.54, 1.807) is 0 Å². The minimum absolute atomic E-state index is 0.648. The predicted octanol–water partition coefficient (Wildman–Crippen LogP) is 3.98. The highest BCUT2D eigenvalue weighted by molar-refractivity contribution is 9.10. The van der Waals surface area contributed by atoms with Crippen molar-refractivity contribution in [3.05, 3.63) is 40.9 Å². The lowest BCUT2D eigenvalue weighted by atomic mass is 10.0. The molecule has 0 amide bonds. The molecule has 1 atom stereocenters. The minimum atomic E-state index is 0.648. The molecular weight excluding hydrogens is 302 g/mol. The maximum atomic E-state index is 5.93. The van der Waals surface area contributed by atoms with Gasteiger partial charge in [0, 0.05) is 16.9 Å². The number of nitrogens with one attached hydrogen (secondary N) is 1. The predicted molar refractivity (Wildman–Crippen MR) is 82.7 cm³/mol. The van der Waals surface area contributed by atoms with Crippen molar-refractivity contribution < 1.29 is 4.74 Å². The van der Waals surface area contributed by atoms with Gasteiger partial charge in [0.1, 0.15) is 5.75 Å². The summed E-state index contributed by atoms with van der Waals surface area (Å²) in [5, 5.41) is 5.88. The zero-order valence-corrected chi connectivity index (χ0v) is 12.4. The van der Waals surface area contributed by atoms with Gasteiger partial charge in [0.2, 0.25) is 0 Å². The molecule has 0 aliphatic carbocycles. The normalized spacial score (nSPS) is 19.5. The fraction of sp³-hybridized carbons (Fsp3) is 0.375. The van der Waals surface area contributed by atoms with Crippen LogP contribution in [0.3, 0.4) is 0 Å². The average Bonchev–Trinajstić information content (AvgIpc) is 2.46. The first-order valence-corrected chi connectivity index (χ1v) is 7.63. The summed E-state index contributed by atoms with van der Waals surface area (Å²) in [7, 11) is 0. The number of halogens is 1. The van der Waals surface area contributed by atoms with E-state index in [1.165, 1.54) is 23.6 Å². The topological polar surface area (TPSA) is 21.3 Å². The third-order valence-electron chi connectivity index (χ3n) is 3.66. The number of fused-ring (bicyclic) bond motifs is 1. The van der Waals surface area contributed by atoms with Crippen LogP contribution in [0, 0.1) is 5.92 Å². The van der Waals surface area contributed by atoms with Gasteiger partial charge in [-0.3, -0.25) is 0 Å². The third-order valence-corrected chi connectivity index (χ3v) is 4.15. The van der Waals surface area contributed by atoms with Crippen LogP contribution in [0.15, 0.2) is 40.9 Å². The standard InChI is InChI=1S/C16H18BrNO/c17-15-5-3-14-9-16(6-4-13(14)8-15)19-11-12-2-1-7-18-10-12/h3-6,8-9,12,18H,1-2,7,10-11H2/t12-/m0/s1. The molecule has 0 spiro atoms. The molecule has 0 unspecified atom stereocenters. The highest BCUT2D eigenvalue weighted by Crippen LogP contribution is 2.24. The lowest BCUT2D eigenvalue weighted by Gasteiger charge is -2.22. The highest BCUT2D eigenvalue weighted by atomic mass is 79.9. The number of hydrogen-bond donors (Lipinski definition) is 1. The fourth-order valence-corrected chi connectivity index (χ4v) is 2.94. The van der Waals surface area contributed by atoms with E-state index in [-0.39, 0.29) is 0 Å². The summed E-state index contributed by atoms with van der Waals surface area (Å²) in [6.45, 7) is 3.05. The minimum Gasteiger partial charge on any atom is -0.493 e. The molecule has 0 bridgehead atoms. The lowest BCUT2D eigenvalue weighted by molar-refractivity contribution is 0.218. The fourth-order valence-electron chi connectivity index (χ4n) is 2.56. The Kier molecular flexibility index (Phi) is 4.04. The molecule has 2 aromatic rings. The van der Waals surface area contributed by atoms with Crippen LogP contribution >= 0.6 is 15.9 Å². The van der Waals surface area contributed by atoms with Gasteiger partial charge in [-0.1, -0.05) is 28.1 Å². The van der Waals surface area contributed by atoms with Gasteiger partial charge in [0.15, 0.2) is 0 Å². The third kappa shape index (κ3) is 3.28. The van der Waals surface area contributed by atoms with Crippen LogP contribution in [0.25, 0.3) is 10.8 Å². The summed E-state index contributed by atoms with van der Waals surface area (Å²) in [4.78, 5) is 0. The quantitative estimate of drug-likeness (QED) is 0.923. The summed E-state index contributed by atoms with van der Waals surface area (Å²) in [6, 6.07) is 12.6. The Morgan fingerprint density at radius 3 is 2.84 bits per heavy atom. The Labute approximate surface area is 122 Å². The Bertz CT molecular complexity index is 564. The maximum Gasteiger partial charge on any atom is 0.119 e. The Morgan fingerprint density at radius 1 is 1.16 bits per heavy atom. The van der Waals surface area contributed by atoms with Crippen molar-refractivity contribution in [2.45, 2.75) is 12.8 Å². The van der Waals surface area contributed by atoms with E-state index in [9.17, 15) is 0 Å². The van der Waals surface area contributed by atoms with Gasteiger partial charge in [-0.15, -0.1) is 0 Å². The molecule has 0 aromatic heterocycles.